The number of aromatic amines is 1. The quantitative estimate of drug-likeness (QED) is 0.361. The number of pyridine rings is 1. The molecule has 0 amide bonds. The zero-order valence-corrected chi connectivity index (χ0v) is 19.0. The van der Waals surface area contributed by atoms with Gasteiger partial charge in [-0.2, -0.15) is 0 Å². The molecule has 0 radical (unpaired) electrons. The summed E-state index contributed by atoms with van der Waals surface area (Å²) in [4.78, 5) is 9.19. The molecule has 0 spiro atoms. The summed E-state index contributed by atoms with van der Waals surface area (Å²) in [6, 6.07) is 21.5. The Morgan fingerprint density at radius 2 is 1.10 bits per heavy atom. The smallest absolute Gasteiger partial charge is 0.0579 e. The second-order valence-electron chi connectivity index (χ2n) is 9.12. The fraction of sp³-hybridized carbons (Fsp3) is 0.321. The molecule has 0 aliphatic heterocycles. The van der Waals surface area contributed by atoms with Crippen LogP contribution in [-0.2, 0) is 0 Å². The van der Waals surface area contributed by atoms with Crippen LogP contribution in [0.4, 0.5) is 0 Å². The molecular formula is C28H32N2. The Labute approximate surface area is 180 Å². The molecule has 154 valence electrons. The Bertz CT molecular complexity index is 1150. The van der Waals surface area contributed by atoms with Crippen molar-refractivity contribution in [3.8, 4) is 22.3 Å². The standard InChI is InChI=1S/C28H32N2/c1-17(2)25-22(20-13-9-7-10-14-20)24-27(19(5)6)29-26(18(3)4)23(28(24)30-25)21-15-11-8-12-16-21/h7-19,30H,1-6H3. The Morgan fingerprint density at radius 3 is 1.57 bits per heavy atom. The average Bonchev–Trinajstić information content (AvgIpc) is 3.14. The van der Waals surface area contributed by atoms with E-state index in [0.29, 0.717) is 17.8 Å². The van der Waals surface area contributed by atoms with Crippen molar-refractivity contribution in [1.82, 2.24) is 9.97 Å². The van der Waals surface area contributed by atoms with Gasteiger partial charge in [0.2, 0.25) is 0 Å². The zero-order chi connectivity index (χ0) is 21.4. The highest BCUT2D eigenvalue weighted by Crippen LogP contribution is 2.44. The number of rotatable bonds is 5. The molecule has 2 heteroatoms. The van der Waals surface area contributed by atoms with Crippen LogP contribution in [0.5, 0.6) is 0 Å². The number of H-pyrrole nitrogens is 1. The van der Waals surface area contributed by atoms with Crippen molar-refractivity contribution in [2.24, 2.45) is 0 Å². The third-order valence-corrected chi connectivity index (χ3v) is 5.83. The summed E-state index contributed by atoms with van der Waals surface area (Å²) < 4.78 is 0. The van der Waals surface area contributed by atoms with Gasteiger partial charge in [0.15, 0.2) is 0 Å². The molecule has 30 heavy (non-hydrogen) atoms. The summed E-state index contributed by atoms with van der Waals surface area (Å²) in [6.07, 6.45) is 0. The van der Waals surface area contributed by atoms with E-state index in [1.54, 1.807) is 0 Å². The van der Waals surface area contributed by atoms with Crippen molar-refractivity contribution in [1.29, 1.82) is 0 Å². The first-order valence-corrected chi connectivity index (χ1v) is 11.1. The van der Waals surface area contributed by atoms with Crippen LogP contribution in [0.25, 0.3) is 33.2 Å². The van der Waals surface area contributed by atoms with Gasteiger partial charge >= 0.3 is 0 Å². The third-order valence-electron chi connectivity index (χ3n) is 5.83. The topological polar surface area (TPSA) is 28.7 Å². The predicted octanol–water partition coefficient (Wildman–Crippen LogP) is 8.27. The van der Waals surface area contributed by atoms with Crippen molar-refractivity contribution in [3.05, 3.63) is 77.7 Å². The summed E-state index contributed by atoms with van der Waals surface area (Å²) in [5.74, 6) is 1.07. The van der Waals surface area contributed by atoms with E-state index in [2.05, 4.69) is 107 Å². The number of hydrogen-bond acceptors (Lipinski definition) is 1. The molecule has 4 rings (SSSR count). The van der Waals surface area contributed by atoms with E-state index < -0.39 is 0 Å². The average molecular weight is 397 g/mol. The van der Waals surface area contributed by atoms with Crippen LogP contribution >= 0.6 is 0 Å². The molecule has 2 aromatic heterocycles. The van der Waals surface area contributed by atoms with Gasteiger partial charge in [0.05, 0.1) is 16.9 Å². The molecule has 0 aliphatic carbocycles. The SMILES string of the molecule is CC(C)c1nc(C(C)C)c2c(-c3ccccc3)c(C(C)C)[nH]c2c1-c1ccccc1. The molecule has 4 aromatic rings. The lowest BCUT2D eigenvalue weighted by Crippen LogP contribution is -2.04. The lowest BCUT2D eigenvalue weighted by atomic mass is 9.89. The lowest BCUT2D eigenvalue weighted by molar-refractivity contribution is 0.776. The van der Waals surface area contributed by atoms with Gasteiger partial charge in [-0.05, 0) is 28.9 Å². The molecule has 0 bridgehead atoms. The van der Waals surface area contributed by atoms with E-state index in [1.807, 2.05) is 0 Å². The number of nitrogens with zero attached hydrogens (tertiary/aromatic N) is 1. The molecule has 0 atom stereocenters. The van der Waals surface area contributed by atoms with Gasteiger partial charge < -0.3 is 4.98 Å². The monoisotopic (exact) mass is 396 g/mol. The van der Waals surface area contributed by atoms with E-state index >= 15 is 0 Å². The minimum absolute atomic E-state index is 0.341. The number of fused-ring (bicyclic) bond motifs is 1. The first-order valence-electron chi connectivity index (χ1n) is 11.1. The van der Waals surface area contributed by atoms with E-state index in [-0.39, 0.29) is 0 Å². The van der Waals surface area contributed by atoms with Crippen molar-refractivity contribution in [2.45, 2.75) is 59.3 Å². The maximum atomic E-state index is 5.32. The first-order chi connectivity index (χ1) is 14.4. The summed E-state index contributed by atoms with van der Waals surface area (Å²) in [5.41, 5.74) is 9.92. The third kappa shape index (κ3) is 3.45. The number of benzene rings is 2. The maximum Gasteiger partial charge on any atom is 0.0579 e. The summed E-state index contributed by atoms with van der Waals surface area (Å²) in [6.45, 7) is 13.5. The minimum Gasteiger partial charge on any atom is -0.357 e. The van der Waals surface area contributed by atoms with Gasteiger partial charge in [0.25, 0.3) is 0 Å². The van der Waals surface area contributed by atoms with Gasteiger partial charge in [-0.25, -0.2) is 0 Å². The van der Waals surface area contributed by atoms with Crippen LogP contribution in [0.1, 0.15) is 76.4 Å². The molecule has 0 saturated carbocycles. The highest BCUT2D eigenvalue weighted by molar-refractivity contribution is 6.06. The fourth-order valence-corrected chi connectivity index (χ4v) is 4.40. The van der Waals surface area contributed by atoms with E-state index in [0.717, 1.165) is 0 Å². The molecule has 0 aliphatic rings. The Morgan fingerprint density at radius 1 is 0.600 bits per heavy atom. The van der Waals surface area contributed by atoms with Crippen LogP contribution in [0, 0.1) is 0 Å². The predicted molar refractivity (Wildman–Crippen MR) is 129 cm³/mol. The van der Waals surface area contributed by atoms with Crippen LogP contribution in [0.3, 0.4) is 0 Å². The summed E-state index contributed by atoms with van der Waals surface area (Å²) >= 11 is 0. The van der Waals surface area contributed by atoms with Gasteiger partial charge in [-0.15, -0.1) is 0 Å². The highest BCUT2D eigenvalue weighted by atomic mass is 14.8. The van der Waals surface area contributed by atoms with Crippen LogP contribution < -0.4 is 0 Å². The molecule has 0 fully saturated rings. The van der Waals surface area contributed by atoms with Crippen LogP contribution in [-0.4, -0.2) is 9.97 Å². The Kier molecular flexibility index (Phi) is 5.51. The molecule has 0 unspecified atom stereocenters. The van der Waals surface area contributed by atoms with E-state index in [1.165, 1.54) is 50.2 Å². The highest BCUT2D eigenvalue weighted by Gasteiger charge is 2.26. The molecule has 2 nitrogen and oxygen atoms in total. The van der Waals surface area contributed by atoms with Gasteiger partial charge in [0.1, 0.15) is 0 Å². The van der Waals surface area contributed by atoms with Crippen LogP contribution in [0.15, 0.2) is 60.7 Å². The fourth-order valence-electron chi connectivity index (χ4n) is 4.40. The lowest BCUT2D eigenvalue weighted by Gasteiger charge is -2.19. The molecular weight excluding hydrogens is 364 g/mol. The second-order valence-corrected chi connectivity index (χ2v) is 9.12. The van der Waals surface area contributed by atoms with Crippen molar-refractivity contribution in [2.75, 3.05) is 0 Å². The van der Waals surface area contributed by atoms with Gasteiger partial charge in [-0.3, -0.25) is 4.98 Å². The van der Waals surface area contributed by atoms with Crippen LogP contribution in [0.2, 0.25) is 0 Å². The maximum absolute atomic E-state index is 5.32. The first kappa shape index (κ1) is 20.4. The number of aromatic nitrogens is 2. The Balaban J connectivity index is 2.22. The van der Waals surface area contributed by atoms with Crippen molar-refractivity contribution >= 4 is 10.9 Å². The van der Waals surface area contributed by atoms with Crippen molar-refractivity contribution < 1.29 is 0 Å². The molecule has 2 aromatic carbocycles. The summed E-state index contributed by atoms with van der Waals surface area (Å²) in [7, 11) is 0. The molecule has 2 heterocycles. The normalized spacial score (nSPS) is 11.9. The van der Waals surface area contributed by atoms with Gasteiger partial charge in [0, 0.05) is 22.2 Å². The Hall–Kier alpha value is -2.87. The number of nitrogens with one attached hydrogen (secondary N) is 1. The van der Waals surface area contributed by atoms with E-state index in [4.69, 9.17) is 4.98 Å². The van der Waals surface area contributed by atoms with E-state index in [9.17, 15) is 0 Å². The van der Waals surface area contributed by atoms with Gasteiger partial charge in [-0.1, -0.05) is 102 Å². The molecule has 0 saturated heterocycles. The minimum atomic E-state index is 0.341. The zero-order valence-electron chi connectivity index (χ0n) is 19.0. The second kappa shape index (κ2) is 8.10. The molecule has 1 N–H and O–H groups in total. The van der Waals surface area contributed by atoms with Crippen molar-refractivity contribution in [3.63, 3.8) is 0 Å². The largest absolute Gasteiger partial charge is 0.357 e. The number of hydrogen-bond donors (Lipinski definition) is 1. The summed E-state index contributed by atoms with van der Waals surface area (Å²) in [5, 5.41) is 1.28.